The predicted molar refractivity (Wildman–Crippen MR) is 119 cm³/mol. The third kappa shape index (κ3) is 4.72. The van der Waals surface area contributed by atoms with Crippen LogP contribution in [-0.4, -0.2) is 43.3 Å². The van der Waals surface area contributed by atoms with Gasteiger partial charge in [-0.25, -0.2) is 0 Å². The molecule has 3 N–H and O–H groups in total. The van der Waals surface area contributed by atoms with E-state index in [-0.39, 0.29) is 40.2 Å². The van der Waals surface area contributed by atoms with Crippen molar-refractivity contribution in [2.45, 2.75) is 26.8 Å². The fourth-order valence-electron chi connectivity index (χ4n) is 2.89. The number of nitrogens with one attached hydrogen (secondary N) is 2. The molecule has 0 fully saturated rings. The van der Waals surface area contributed by atoms with Crippen LogP contribution in [0.4, 0.5) is 11.5 Å². The van der Waals surface area contributed by atoms with Crippen LogP contribution in [0.3, 0.4) is 0 Å². The van der Waals surface area contributed by atoms with E-state index in [4.69, 9.17) is 4.99 Å². The summed E-state index contributed by atoms with van der Waals surface area (Å²) < 4.78 is 18.9. The molecule has 0 aliphatic carbocycles. The summed E-state index contributed by atoms with van der Waals surface area (Å²) in [4.78, 5) is 19.5. The van der Waals surface area contributed by atoms with Crippen LogP contribution in [0.1, 0.15) is 42.0 Å². The summed E-state index contributed by atoms with van der Waals surface area (Å²) in [6.45, 7) is 6.25. The first-order valence-corrected chi connectivity index (χ1v) is 11.3. The van der Waals surface area contributed by atoms with Gasteiger partial charge in [0.15, 0.2) is 16.9 Å². The number of nitrogens with zero attached hydrogens (tertiary/aromatic N) is 3. The van der Waals surface area contributed by atoms with Crippen LogP contribution in [0.15, 0.2) is 40.7 Å². The predicted octanol–water partition coefficient (Wildman–Crippen LogP) is 4.04. The van der Waals surface area contributed by atoms with E-state index in [1.807, 2.05) is 17.5 Å². The number of rotatable bonds is 5. The monoisotopic (exact) mass is 447 g/mol. The Morgan fingerprint density at radius 3 is 2.67 bits per heavy atom. The number of carbonyl (C=O) groups is 1. The van der Waals surface area contributed by atoms with Crippen LogP contribution in [0, 0.1) is 5.41 Å². The van der Waals surface area contributed by atoms with E-state index in [1.54, 1.807) is 37.6 Å². The van der Waals surface area contributed by atoms with Crippen molar-refractivity contribution in [1.82, 2.24) is 13.6 Å². The molecule has 2 heterocycles. The number of para-hydroxylation sites is 1. The Bertz CT molecular complexity index is 1090. The number of phenols is 1. The molecule has 0 saturated carbocycles. The Hall–Kier alpha value is -2.69. The zero-order valence-electron chi connectivity index (χ0n) is 17.5. The molecule has 0 bridgehead atoms. The topological polar surface area (TPSA) is 117 Å². The second-order valence-electron chi connectivity index (χ2n) is 8.08. The second kappa shape index (κ2) is 8.58. The number of anilines is 2. The molecule has 30 heavy (non-hydrogen) atoms. The lowest BCUT2D eigenvalue weighted by Crippen LogP contribution is -2.22. The van der Waals surface area contributed by atoms with Crippen molar-refractivity contribution in [3.8, 4) is 5.75 Å². The van der Waals surface area contributed by atoms with Gasteiger partial charge in [0.2, 0.25) is 11.3 Å². The Kier molecular flexibility index (Phi) is 6.30. The highest BCUT2D eigenvalue weighted by molar-refractivity contribution is 7.14. The lowest BCUT2D eigenvalue weighted by molar-refractivity contribution is 0.0824. The molecule has 1 amide bonds. The molecular formula is C20H25N5O3S2. The molecule has 1 unspecified atom stereocenters. The zero-order valence-corrected chi connectivity index (χ0v) is 19.1. The molecule has 8 nitrogen and oxygen atoms in total. The summed E-state index contributed by atoms with van der Waals surface area (Å²) in [5.74, 6) is -0.295. The summed E-state index contributed by atoms with van der Waals surface area (Å²) in [5.41, 5.74) is 0.584. The Morgan fingerprint density at radius 2 is 2.07 bits per heavy atom. The van der Waals surface area contributed by atoms with Crippen molar-refractivity contribution in [2.24, 2.45) is 10.4 Å². The number of hydrogen-bond acceptors (Lipinski definition) is 7. The third-order valence-corrected chi connectivity index (χ3v) is 6.04. The van der Waals surface area contributed by atoms with Gasteiger partial charge in [-0.05, 0) is 29.0 Å². The molecule has 2 atom stereocenters. The number of amides is 1. The van der Waals surface area contributed by atoms with E-state index in [2.05, 4.69) is 34.8 Å². The maximum Gasteiger partial charge on any atom is 0.257 e. The van der Waals surface area contributed by atoms with E-state index in [9.17, 15) is 14.5 Å². The molecule has 2 aromatic heterocycles. The molecule has 0 saturated heterocycles. The molecule has 0 radical (unpaired) electrons. The largest absolute Gasteiger partial charge is 0.548 e. The highest BCUT2D eigenvalue weighted by atomic mass is 32.2. The first-order valence-electron chi connectivity index (χ1n) is 9.27. The van der Waals surface area contributed by atoms with Crippen molar-refractivity contribution in [2.75, 3.05) is 19.4 Å². The van der Waals surface area contributed by atoms with E-state index >= 15 is 0 Å². The van der Waals surface area contributed by atoms with Crippen LogP contribution >= 0.6 is 22.5 Å². The summed E-state index contributed by atoms with van der Waals surface area (Å²) in [7, 11) is 3.22. The first-order chi connectivity index (χ1) is 14.1. The Balaban J connectivity index is 2.04. The van der Waals surface area contributed by atoms with Gasteiger partial charge in [-0.1, -0.05) is 32.9 Å². The molecule has 3 aromatic rings. The van der Waals surface area contributed by atoms with Gasteiger partial charge in [-0.15, -0.1) is 15.7 Å². The minimum Gasteiger partial charge on any atom is -0.548 e. The first kappa shape index (κ1) is 22.0. The molecule has 160 valence electrons. The van der Waals surface area contributed by atoms with Crippen molar-refractivity contribution in [3.05, 3.63) is 51.6 Å². The summed E-state index contributed by atoms with van der Waals surface area (Å²) in [5, 5.41) is 15.5. The molecule has 0 aliphatic heterocycles. The van der Waals surface area contributed by atoms with E-state index in [0.29, 0.717) is 5.49 Å². The fraction of sp³-hybridized carbons (Fsp3) is 0.350. The smallest absolute Gasteiger partial charge is 0.257 e. The zero-order chi connectivity index (χ0) is 22.1. The van der Waals surface area contributed by atoms with Gasteiger partial charge < -0.3 is 19.9 Å². The summed E-state index contributed by atoms with van der Waals surface area (Å²) >= 11 is -0.0790. The number of hydrogen-bond donors (Lipinski definition) is 3. The fourth-order valence-corrected chi connectivity index (χ4v) is 4.56. The van der Waals surface area contributed by atoms with E-state index in [0.717, 1.165) is 4.88 Å². The number of benzene rings is 1. The van der Waals surface area contributed by atoms with Crippen LogP contribution in [-0.2, 0) is 0 Å². The Labute approximate surface area is 182 Å². The lowest BCUT2D eigenvalue weighted by Gasteiger charge is -2.25. The highest BCUT2D eigenvalue weighted by Gasteiger charge is 2.28. The van der Waals surface area contributed by atoms with Gasteiger partial charge in [0.25, 0.3) is 5.91 Å². The summed E-state index contributed by atoms with van der Waals surface area (Å²) in [6.07, 6.45) is 0. The number of aromatic nitrogens is 2. The average molecular weight is 448 g/mol. The number of aromatic amines is 1. The minimum absolute atomic E-state index is 0.155. The molecule has 0 aliphatic rings. The van der Waals surface area contributed by atoms with Gasteiger partial charge >= 0.3 is 0 Å². The number of phenolic OH excluding ortho intramolecular Hbond substituents is 1. The van der Waals surface area contributed by atoms with Crippen LogP contribution < -0.4 is 10.8 Å². The summed E-state index contributed by atoms with van der Waals surface area (Å²) in [6, 6.07) is 8.61. The van der Waals surface area contributed by atoms with Crippen LogP contribution in [0.5, 0.6) is 5.75 Å². The van der Waals surface area contributed by atoms with Gasteiger partial charge in [0.05, 0.1) is 17.3 Å². The van der Waals surface area contributed by atoms with E-state index < -0.39 is 11.1 Å². The third-order valence-electron chi connectivity index (χ3n) is 4.40. The van der Waals surface area contributed by atoms with Crippen molar-refractivity contribution < 1.29 is 14.5 Å². The standard InChI is InChI=1S/C20H25N5O3S2/c1-20(2,3)16(14-10-7-11-29-14)22-18-17(23-30(28)24-18)21-13-9-6-8-12(15(13)26)19(27)25(4)5/h6-11,16,26H,1-5H3,(H,21,23)(H,22,24)/t16-,30?/m0/s1. The molecule has 0 spiro atoms. The molecule has 10 heteroatoms. The van der Waals surface area contributed by atoms with Crippen molar-refractivity contribution in [3.63, 3.8) is 0 Å². The van der Waals surface area contributed by atoms with E-state index in [1.165, 1.54) is 11.0 Å². The van der Waals surface area contributed by atoms with Gasteiger partial charge in [0.1, 0.15) is 0 Å². The van der Waals surface area contributed by atoms with Crippen LogP contribution in [0.2, 0.25) is 0 Å². The number of thiophene rings is 1. The number of H-pyrrole nitrogens is 1. The number of carbonyl (C=O) groups excluding carboxylic acids is 1. The molecule has 3 rings (SSSR count). The van der Waals surface area contributed by atoms with Gasteiger partial charge in [-0.3, -0.25) is 9.79 Å². The van der Waals surface area contributed by atoms with Crippen LogP contribution in [0.25, 0.3) is 0 Å². The highest BCUT2D eigenvalue weighted by Crippen LogP contribution is 2.38. The Morgan fingerprint density at radius 1 is 1.33 bits per heavy atom. The molecule has 1 aromatic carbocycles. The lowest BCUT2D eigenvalue weighted by atomic mass is 9.86. The van der Waals surface area contributed by atoms with Crippen molar-refractivity contribution >= 4 is 39.9 Å². The van der Waals surface area contributed by atoms with Gasteiger partial charge in [0, 0.05) is 23.3 Å². The minimum atomic E-state index is -1.68. The SMILES string of the molecule is CN(C)C(=O)c1cccc(Nc2n[s+]([O-])[nH]c2=N[C@@H](c2cccs2)C(C)(C)C)c1O. The van der Waals surface area contributed by atoms with Gasteiger partial charge in [-0.2, -0.15) is 0 Å². The average Bonchev–Trinajstić information content (AvgIpc) is 3.29. The maximum absolute atomic E-state index is 12.3. The maximum atomic E-state index is 12.3. The second-order valence-corrected chi connectivity index (χ2v) is 9.94. The normalized spacial score (nSPS) is 13.9. The molecular weight excluding hydrogens is 422 g/mol. The quantitative estimate of drug-likeness (QED) is 0.403. The number of aromatic hydroxyl groups is 1. The van der Waals surface area contributed by atoms with Crippen molar-refractivity contribution in [1.29, 1.82) is 0 Å².